The Balaban J connectivity index is 1.63. The first-order valence-electron chi connectivity index (χ1n) is 9.11. The van der Waals surface area contributed by atoms with Crippen molar-refractivity contribution in [2.45, 2.75) is 19.4 Å². The third-order valence-corrected chi connectivity index (χ3v) is 4.75. The predicted octanol–water partition coefficient (Wildman–Crippen LogP) is 3.74. The first-order chi connectivity index (χ1) is 13.1. The summed E-state index contributed by atoms with van der Waals surface area (Å²) in [7, 11) is 2.97. The molecule has 3 rings (SSSR count). The van der Waals surface area contributed by atoms with Gasteiger partial charge in [0.15, 0.2) is 0 Å². The Kier molecular flexibility index (Phi) is 6.08. The van der Waals surface area contributed by atoms with E-state index in [0.717, 1.165) is 25.2 Å². The standard InChI is InChI=1S/C21H25N3O3/c1-23(21(26)27-2)19-10-8-18(9-11-19)22-20(25)17-7-5-6-16(14-17)15-24-12-3-4-13-24/h5-11,14H,3-4,12-13,15H2,1-2H3,(H,22,25). The molecule has 0 saturated carbocycles. The van der Waals surface area contributed by atoms with Crippen LogP contribution in [0.4, 0.5) is 16.2 Å². The van der Waals surface area contributed by atoms with Crippen LogP contribution in [0.25, 0.3) is 0 Å². The fraction of sp³-hybridized carbons (Fsp3) is 0.333. The van der Waals surface area contributed by atoms with Crippen LogP contribution >= 0.6 is 0 Å². The Morgan fingerprint density at radius 1 is 1.11 bits per heavy atom. The van der Waals surface area contributed by atoms with E-state index in [1.54, 1.807) is 31.3 Å². The van der Waals surface area contributed by atoms with Gasteiger partial charge in [-0.25, -0.2) is 4.79 Å². The van der Waals surface area contributed by atoms with Gasteiger partial charge in [0.2, 0.25) is 0 Å². The number of nitrogens with one attached hydrogen (secondary N) is 1. The van der Waals surface area contributed by atoms with Gasteiger partial charge in [0.25, 0.3) is 5.91 Å². The van der Waals surface area contributed by atoms with Crippen molar-refractivity contribution in [3.63, 3.8) is 0 Å². The predicted molar refractivity (Wildman–Crippen MR) is 106 cm³/mol. The zero-order valence-electron chi connectivity index (χ0n) is 15.8. The van der Waals surface area contributed by atoms with Crippen molar-refractivity contribution >= 4 is 23.4 Å². The lowest BCUT2D eigenvalue weighted by molar-refractivity contribution is 0.102. The summed E-state index contributed by atoms with van der Waals surface area (Å²) in [5.74, 6) is -0.146. The number of anilines is 2. The van der Waals surface area contributed by atoms with E-state index < -0.39 is 6.09 Å². The van der Waals surface area contributed by atoms with Gasteiger partial charge in [0, 0.05) is 30.5 Å². The molecule has 1 aliphatic rings. The minimum Gasteiger partial charge on any atom is -0.452 e. The van der Waals surface area contributed by atoms with Gasteiger partial charge in [-0.3, -0.25) is 14.6 Å². The summed E-state index contributed by atoms with van der Waals surface area (Å²) in [6.45, 7) is 3.14. The lowest BCUT2D eigenvalue weighted by atomic mass is 10.1. The van der Waals surface area contributed by atoms with E-state index in [9.17, 15) is 9.59 Å². The molecule has 0 radical (unpaired) electrons. The van der Waals surface area contributed by atoms with Gasteiger partial charge < -0.3 is 10.1 Å². The van der Waals surface area contributed by atoms with Crippen LogP contribution in [0.3, 0.4) is 0 Å². The summed E-state index contributed by atoms with van der Waals surface area (Å²) in [5.41, 5.74) is 3.15. The molecule has 1 fully saturated rings. The number of ether oxygens (including phenoxy) is 1. The van der Waals surface area contributed by atoms with Crippen LogP contribution < -0.4 is 10.2 Å². The lowest BCUT2D eigenvalue weighted by Crippen LogP contribution is -2.25. The summed E-state index contributed by atoms with van der Waals surface area (Å²) in [6, 6.07) is 14.8. The van der Waals surface area contributed by atoms with Gasteiger partial charge in [-0.1, -0.05) is 12.1 Å². The second-order valence-electron chi connectivity index (χ2n) is 6.71. The number of methoxy groups -OCH3 is 1. The topological polar surface area (TPSA) is 61.9 Å². The monoisotopic (exact) mass is 367 g/mol. The number of nitrogens with zero attached hydrogens (tertiary/aromatic N) is 2. The van der Waals surface area contributed by atoms with Crippen molar-refractivity contribution in [3.05, 3.63) is 59.7 Å². The highest BCUT2D eigenvalue weighted by molar-refractivity contribution is 6.04. The minimum absolute atomic E-state index is 0.146. The number of hydrogen-bond acceptors (Lipinski definition) is 4. The molecule has 1 aliphatic heterocycles. The van der Waals surface area contributed by atoms with Gasteiger partial charge in [-0.05, 0) is 67.9 Å². The molecule has 0 aliphatic carbocycles. The smallest absolute Gasteiger partial charge is 0.413 e. The van der Waals surface area contributed by atoms with Crippen molar-refractivity contribution in [2.24, 2.45) is 0 Å². The SMILES string of the molecule is COC(=O)N(C)c1ccc(NC(=O)c2cccc(CN3CCCC3)c2)cc1. The molecule has 142 valence electrons. The molecule has 0 unspecified atom stereocenters. The summed E-state index contributed by atoms with van der Waals surface area (Å²) < 4.78 is 4.69. The largest absolute Gasteiger partial charge is 0.452 e. The fourth-order valence-corrected chi connectivity index (χ4v) is 3.22. The Hall–Kier alpha value is -2.86. The van der Waals surface area contributed by atoms with Crippen LogP contribution in [0.15, 0.2) is 48.5 Å². The van der Waals surface area contributed by atoms with Gasteiger partial charge in [0.1, 0.15) is 0 Å². The molecule has 1 saturated heterocycles. The summed E-state index contributed by atoms with van der Waals surface area (Å²) in [5, 5.41) is 2.90. The molecule has 1 N–H and O–H groups in total. The van der Waals surface area contributed by atoms with E-state index in [1.165, 1.54) is 24.9 Å². The summed E-state index contributed by atoms with van der Waals surface area (Å²) in [4.78, 5) is 27.9. The van der Waals surface area contributed by atoms with Crippen LogP contribution in [0, 0.1) is 0 Å². The first kappa shape index (κ1) is 18.9. The molecule has 0 spiro atoms. The number of carbonyl (C=O) groups is 2. The molecule has 0 bridgehead atoms. The van der Waals surface area contributed by atoms with Gasteiger partial charge in [-0.15, -0.1) is 0 Å². The molecule has 6 nitrogen and oxygen atoms in total. The highest BCUT2D eigenvalue weighted by Crippen LogP contribution is 2.19. The van der Waals surface area contributed by atoms with Gasteiger partial charge >= 0.3 is 6.09 Å². The van der Waals surface area contributed by atoms with Crippen LogP contribution in [0.1, 0.15) is 28.8 Å². The summed E-state index contributed by atoms with van der Waals surface area (Å²) in [6.07, 6.45) is 2.06. The van der Waals surface area contributed by atoms with E-state index in [1.807, 2.05) is 18.2 Å². The van der Waals surface area contributed by atoms with E-state index >= 15 is 0 Å². The molecule has 2 amide bonds. The van der Waals surface area contributed by atoms with E-state index in [-0.39, 0.29) is 5.91 Å². The molecular weight excluding hydrogens is 342 g/mol. The zero-order valence-corrected chi connectivity index (χ0v) is 15.8. The number of rotatable bonds is 5. The second-order valence-corrected chi connectivity index (χ2v) is 6.71. The number of likely N-dealkylation sites (tertiary alicyclic amines) is 1. The normalized spacial score (nSPS) is 14.0. The molecule has 27 heavy (non-hydrogen) atoms. The first-order valence-corrected chi connectivity index (χ1v) is 9.11. The zero-order chi connectivity index (χ0) is 19.2. The lowest BCUT2D eigenvalue weighted by Gasteiger charge is -2.16. The second kappa shape index (κ2) is 8.68. The number of amides is 2. The quantitative estimate of drug-likeness (QED) is 0.875. The van der Waals surface area contributed by atoms with E-state index in [0.29, 0.717) is 16.9 Å². The average molecular weight is 367 g/mol. The maximum Gasteiger partial charge on any atom is 0.413 e. The summed E-state index contributed by atoms with van der Waals surface area (Å²) >= 11 is 0. The fourth-order valence-electron chi connectivity index (χ4n) is 3.22. The van der Waals surface area contributed by atoms with E-state index in [2.05, 4.69) is 16.3 Å². The van der Waals surface area contributed by atoms with Gasteiger partial charge in [-0.2, -0.15) is 0 Å². The van der Waals surface area contributed by atoms with Crippen LogP contribution in [0.5, 0.6) is 0 Å². The molecular formula is C21H25N3O3. The molecule has 2 aromatic carbocycles. The number of benzene rings is 2. The van der Waals surface area contributed by atoms with Crippen molar-refractivity contribution in [2.75, 3.05) is 37.5 Å². The Morgan fingerprint density at radius 2 is 1.81 bits per heavy atom. The molecule has 6 heteroatoms. The third kappa shape index (κ3) is 4.86. The van der Waals surface area contributed by atoms with Crippen LogP contribution in [0.2, 0.25) is 0 Å². The Morgan fingerprint density at radius 3 is 2.48 bits per heavy atom. The molecule has 0 aromatic heterocycles. The Bertz CT molecular complexity index is 799. The number of carbonyl (C=O) groups excluding carboxylic acids is 2. The van der Waals surface area contributed by atoms with Crippen LogP contribution in [-0.4, -0.2) is 44.1 Å². The van der Waals surface area contributed by atoms with Crippen molar-refractivity contribution < 1.29 is 14.3 Å². The highest BCUT2D eigenvalue weighted by atomic mass is 16.5. The number of hydrogen-bond donors (Lipinski definition) is 1. The van der Waals surface area contributed by atoms with E-state index in [4.69, 9.17) is 4.74 Å². The van der Waals surface area contributed by atoms with Crippen molar-refractivity contribution in [1.82, 2.24) is 4.90 Å². The Labute approximate surface area is 159 Å². The van der Waals surface area contributed by atoms with Crippen LogP contribution in [-0.2, 0) is 11.3 Å². The maximum absolute atomic E-state index is 12.6. The molecule has 1 heterocycles. The van der Waals surface area contributed by atoms with Crippen molar-refractivity contribution in [3.8, 4) is 0 Å². The minimum atomic E-state index is -0.443. The molecule has 0 atom stereocenters. The van der Waals surface area contributed by atoms with Gasteiger partial charge in [0.05, 0.1) is 7.11 Å². The highest BCUT2D eigenvalue weighted by Gasteiger charge is 2.14. The molecule has 2 aromatic rings. The third-order valence-electron chi connectivity index (χ3n) is 4.75. The maximum atomic E-state index is 12.6. The van der Waals surface area contributed by atoms with Crippen molar-refractivity contribution in [1.29, 1.82) is 0 Å². The average Bonchev–Trinajstić information content (AvgIpc) is 3.20.